The summed E-state index contributed by atoms with van der Waals surface area (Å²) in [5, 5.41) is 0. The van der Waals surface area contributed by atoms with Crippen LogP contribution in [0.15, 0.2) is 12.4 Å². The molecule has 0 saturated carbocycles. The maximum Gasteiger partial charge on any atom is 0.216 e. The monoisotopic (exact) mass is 300 g/mol. The molecule has 3 atom stereocenters. The smallest absolute Gasteiger partial charge is 0.216 e. The number of rotatable bonds is 4. The van der Waals surface area contributed by atoms with Gasteiger partial charge in [0.05, 0.1) is 19.3 Å². The van der Waals surface area contributed by atoms with E-state index in [1.54, 1.807) is 7.11 Å². The van der Waals surface area contributed by atoms with Crippen molar-refractivity contribution in [1.29, 1.82) is 0 Å². The average Bonchev–Trinajstić information content (AvgIpc) is 2.76. The molecule has 1 aromatic heterocycles. The van der Waals surface area contributed by atoms with Crippen molar-refractivity contribution in [2.45, 2.75) is 43.2 Å². The molecular formula is C12H17BrN2O2. The van der Waals surface area contributed by atoms with E-state index in [0.717, 1.165) is 25.0 Å². The van der Waals surface area contributed by atoms with E-state index in [9.17, 15) is 0 Å². The molecule has 2 heterocycles. The molecule has 1 aromatic rings. The molecule has 0 aromatic carbocycles. The fourth-order valence-corrected chi connectivity index (χ4v) is 2.75. The number of halogens is 1. The third kappa shape index (κ3) is 3.39. The minimum Gasteiger partial charge on any atom is -0.481 e. The van der Waals surface area contributed by atoms with Crippen LogP contribution in [-0.4, -0.2) is 34.1 Å². The van der Waals surface area contributed by atoms with E-state index in [-0.39, 0.29) is 6.10 Å². The quantitative estimate of drug-likeness (QED) is 0.801. The molecule has 94 valence electrons. The minimum absolute atomic E-state index is 0.283. The van der Waals surface area contributed by atoms with E-state index in [1.165, 1.54) is 6.33 Å². The molecule has 0 N–H and O–H groups in total. The van der Waals surface area contributed by atoms with Crippen molar-refractivity contribution in [2.75, 3.05) is 7.11 Å². The first-order valence-electron chi connectivity index (χ1n) is 5.83. The fraction of sp³-hybridized carbons (Fsp3) is 0.667. The number of hydrogen-bond donors (Lipinski definition) is 0. The summed E-state index contributed by atoms with van der Waals surface area (Å²) >= 11 is 3.69. The lowest BCUT2D eigenvalue weighted by atomic mass is 10.1. The average molecular weight is 301 g/mol. The fourth-order valence-electron chi connectivity index (χ4n) is 2.03. The molecule has 5 heteroatoms. The van der Waals surface area contributed by atoms with Crippen LogP contribution >= 0.6 is 15.9 Å². The lowest BCUT2D eigenvalue weighted by molar-refractivity contribution is 0.0557. The van der Waals surface area contributed by atoms with Crippen molar-refractivity contribution in [1.82, 2.24) is 9.97 Å². The lowest BCUT2D eigenvalue weighted by Gasteiger charge is -2.17. The molecule has 3 unspecified atom stereocenters. The number of hydrogen-bond acceptors (Lipinski definition) is 4. The first kappa shape index (κ1) is 12.8. The highest BCUT2D eigenvalue weighted by Gasteiger charge is 2.28. The molecule has 1 aliphatic rings. The van der Waals surface area contributed by atoms with Crippen molar-refractivity contribution in [2.24, 2.45) is 0 Å². The third-order valence-electron chi connectivity index (χ3n) is 2.98. The van der Waals surface area contributed by atoms with Crippen LogP contribution in [0.1, 0.15) is 25.5 Å². The predicted octanol–water partition coefficient (Wildman–Crippen LogP) is 2.36. The second kappa shape index (κ2) is 5.78. The van der Waals surface area contributed by atoms with Gasteiger partial charge < -0.3 is 9.47 Å². The van der Waals surface area contributed by atoms with Crippen molar-refractivity contribution < 1.29 is 9.47 Å². The van der Waals surface area contributed by atoms with Crippen molar-refractivity contribution in [3.05, 3.63) is 18.1 Å². The van der Waals surface area contributed by atoms with E-state index in [2.05, 4.69) is 32.8 Å². The first-order chi connectivity index (χ1) is 8.19. The van der Waals surface area contributed by atoms with Crippen LogP contribution in [0.25, 0.3) is 0 Å². The summed E-state index contributed by atoms with van der Waals surface area (Å²) in [6.07, 6.45) is 5.27. The second-order valence-corrected chi connectivity index (χ2v) is 5.51. The third-order valence-corrected chi connectivity index (χ3v) is 3.89. The maximum absolute atomic E-state index is 5.83. The Balaban J connectivity index is 1.95. The highest BCUT2D eigenvalue weighted by molar-refractivity contribution is 9.09. The number of methoxy groups -OCH3 is 1. The Kier molecular flexibility index (Phi) is 4.34. The van der Waals surface area contributed by atoms with Gasteiger partial charge >= 0.3 is 0 Å². The van der Waals surface area contributed by atoms with Gasteiger partial charge in [0.15, 0.2) is 0 Å². The molecular weight excluding hydrogens is 284 g/mol. The largest absolute Gasteiger partial charge is 0.481 e. The Bertz CT molecular complexity index is 375. The molecule has 0 aliphatic carbocycles. The van der Waals surface area contributed by atoms with Gasteiger partial charge in [0.2, 0.25) is 5.88 Å². The highest BCUT2D eigenvalue weighted by Crippen LogP contribution is 2.27. The molecule has 4 nitrogen and oxygen atoms in total. The van der Waals surface area contributed by atoms with Gasteiger partial charge in [0.1, 0.15) is 6.33 Å². The summed E-state index contributed by atoms with van der Waals surface area (Å²) in [6, 6.07) is 1.87. The molecule has 0 bridgehead atoms. The van der Waals surface area contributed by atoms with Gasteiger partial charge in [-0.25, -0.2) is 9.97 Å². The maximum atomic E-state index is 5.83. The summed E-state index contributed by atoms with van der Waals surface area (Å²) < 4.78 is 10.9. The minimum atomic E-state index is 0.283. The second-order valence-electron chi connectivity index (χ2n) is 4.33. The Morgan fingerprint density at radius 1 is 1.53 bits per heavy atom. The zero-order chi connectivity index (χ0) is 12.3. The van der Waals surface area contributed by atoms with Crippen LogP contribution < -0.4 is 4.74 Å². The van der Waals surface area contributed by atoms with Crippen LogP contribution in [0.2, 0.25) is 0 Å². The summed E-state index contributed by atoms with van der Waals surface area (Å²) in [5.41, 5.74) is 0.974. The number of alkyl halides is 1. The molecule has 2 rings (SSSR count). The molecule has 0 radical (unpaired) electrons. The number of nitrogens with zero attached hydrogens (tertiary/aromatic N) is 2. The summed E-state index contributed by atoms with van der Waals surface area (Å²) in [4.78, 5) is 8.53. The zero-order valence-electron chi connectivity index (χ0n) is 10.1. The van der Waals surface area contributed by atoms with Crippen LogP contribution in [0.5, 0.6) is 5.88 Å². The highest BCUT2D eigenvalue weighted by atomic mass is 79.9. The van der Waals surface area contributed by atoms with Crippen molar-refractivity contribution >= 4 is 15.9 Å². The molecule has 1 saturated heterocycles. The molecule has 0 amide bonds. The topological polar surface area (TPSA) is 44.2 Å². The predicted molar refractivity (Wildman–Crippen MR) is 68.6 cm³/mol. The molecule has 1 aliphatic heterocycles. The van der Waals surface area contributed by atoms with Gasteiger partial charge in [-0.1, -0.05) is 15.9 Å². The Labute approximate surface area is 110 Å². The van der Waals surface area contributed by atoms with E-state index in [0.29, 0.717) is 16.8 Å². The van der Waals surface area contributed by atoms with E-state index in [4.69, 9.17) is 9.47 Å². The van der Waals surface area contributed by atoms with Gasteiger partial charge in [-0.15, -0.1) is 0 Å². The van der Waals surface area contributed by atoms with Crippen LogP contribution in [-0.2, 0) is 11.2 Å². The van der Waals surface area contributed by atoms with Crippen LogP contribution in [0.4, 0.5) is 0 Å². The normalized spacial score (nSPS) is 25.8. The summed E-state index contributed by atoms with van der Waals surface area (Å²) in [5.74, 6) is 0.607. The SMILES string of the molecule is COc1cc(CC(Br)C2CCC(C)O2)ncn1. The van der Waals surface area contributed by atoms with E-state index < -0.39 is 0 Å². The zero-order valence-corrected chi connectivity index (χ0v) is 11.7. The summed E-state index contributed by atoms with van der Waals surface area (Å²) in [7, 11) is 1.61. The lowest BCUT2D eigenvalue weighted by Crippen LogP contribution is -2.23. The molecule has 17 heavy (non-hydrogen) atoms. The standard InChI is InChI=1S/C12H17BrN2O2/c1-8-3-4-11(17-8)10(13)5-9-6-12(16-2)15-7-14-9/h6-8,10-11H,3-5H2,1-2H3. The van der Waals surface area contributed by atoms with Crippen LogP contribution in [0.3, 0.4) is 0 Å². The van der Waals surface area contributed by atoms with E-state index in [1.807, 2.05) is 6.07 Å². The Morgan fingerprint density at radius 3 is 3.00 bits per heavy atom. The number of aromatic nitrogens is 2. The molecule has 1 fully saturated rings. The van der Waals surface area contributed by atoms with Gasteiger partial charge in [0.25, 0.3) is 0 Å². The van der Waals surface area contributed by atoms with Gasteiger partial charge in [0, 0.05) is 23.0 Å². The first-order valence-corrected chi connectivity index (χ1v) is 6.75. The summed E-state index contributed by atoms with van der Waals surface area (Å²) in [6.45, 7) is 2.12. The van der Waals surface area contributed by atoms with Crippen molar-refractivity contribution in [3.63, 3.8) is 0 Å². The number of ether oxygens (including phenoxy) is 2. The molecule has 0 spiro atoms. The van der Waals surface area contributed by atoms with Gasteiger partial charge in [-0.3, -0.25) is 0 Å². The van der Waals surface area contributed by atoms with E-state index >= 15 is 0 Å². The Morgan fingerprint density at radius 2 is 2.35 bits per heavy atom. The Hall–Kier alpha value is -0.680. The van der Waals surface area contributed by atoms with Crippen molar-refractivity contribution in [3.8, 4) is 5.88 Å². The van der Waals surface area contributed by atoms with Gasteiger partial charge in [-0.05, 0) is 19.8 Å². The van der Waals surface area contributed by atoms with Gasteiger partial charge in [-0.2, -0.15) is 0 Å². The van der Waals surface area contributed by atoms with Crippen LogP contribution in [0, 0.1) is 0 Å².